The number of carbonyl (C=O) groups excluding carboxylic acids is 8. The molecule has 0 bridgehead atoms. The van der Waals surface area contributed by atoms with E-state index in [0.29, 0.717) is 38.5 Å². The highest BCUT2D eigenvalue weighted by molar-refractivity contribution is 5.98. The van der Waals surface area contributed by atoms with Crippen LogP contribution in [0.1, 0.15) is 138 Å². The zero-order chi connectivity index (χ0) is 63.1. The van der Waals surface area contributed by atoms with Crippen molar-refractivity contribution in [3.8, 4) is 0 Å². The molecule has 0 saturated carbocycles. The van der Waals surface area contributed by atoms with Gasteiger partial charge in [0.25, 0.3) is 0 Å². The van der Waals surface area contributed by atoms with E-state index < -0.39 is 114 Å². The van der Waals surface area contributed by atoms with Crippen LogP contribution in [0.5, 0.6) is 0 Å². The monoisotopic (exact) mass is 1180 g/mol. The predicted molar refractivity (Wildman–Crippen MR) is 321 cm³/mol. The van der Waals surface area contributed by atoms with Gasteiger partial charge in [-0.3, -0.25) is 49.2 Å². The zero-order valence-electron chi connectivity index (χ0n) is 50.1. The van der Waals surface area contributed by atoms with Crippen molar-refractivity contribution in [3.63, 3.8) is 0 Å². The standard InChI is InChI=1S/C56H98N18O10/c1-8-33(6)45(74-52(81)44(73-47(76)37(59)27-31(2)3)29-35-30-66-38-18-10-9-17-36(35)38)53(82)67-34(7)46(75)72-43(28-32(4)5)51(80)70-41(21-15-25-64-55(60)61)49(78)68-39(19-11-13-23-57)48(77)69-40(20-12-14-24-58)50(79)71-42(54(83)84)22-16-26-65-56(62)63/h9-10,17-18,30-34,37,39-45,66H,8,11-16,19-29,57-59H2,1-7H3,(H,67,82)(H,68,78)(H,69,77)(H,70,80)(H,71,79)(H,72,75)(H,73,76)(H,74,81)(H,83,84)(H4,60,61,64)(H4,62,63,65)/t33-,34-,37-,39-,40-,41-,42-,43-,44-,45-/m0/s1. The molecule has 28 nitrogen and oxygen atoms in total. The van der Waals surface area contributed by atoms with Crippen LogP contribution in [0.2, 0.25) is 0 Å². The maximum Gasteiger partial charge on any atom is 0.326 e. The molecule has 0 aliphatic carbocycles. The third kappa shape index (κ3) is 26.8. The molecule has 2 aromatic rings. The zero-order valence-corrected chi connectivity index (χ0v) is 50.1. The van der Waals surface area contributed by atoms with Crippen molar-refractivity contribution in [2.45, 2.75) is 193 Å². The average molecular weight is 1180 g/mol. The Kier molecular flexibility index (Phi) is 33.1. The maximum atomic E-state index is 14.4. The topological polar surface area (TPSA) is 488 Å². The maximum absolute atomic E-state index is 14.4. The summed E-state index contributed by atoms with van der Waals surface area (Å²) >= 11 is 0. The Morgan fingerprint density at radius 2 is 0.976 bits per heavy atom. The van der Waals surface area contributed by atoms with E-state index in [2.05, 4.69) is 58.2 Å². The van der Waals surface area contributed by atoms with Gasteiger partial charge in [0.05, 0.1) is 6.04 Å². The molecule has 0 radical (unpaired) electrons. The molecular formula is C56H98N18O10. The second kappa shape index (κ2) is 38.3. The number of fused-ring (bicyclic) bond motifs is 1. The van der Waals surface area contributed by atoms with Crippen LogP contribution in [0.3, 0.4) is 0 Å². The fraction of sp³-hybridized carbons (Fsp3) is 0.661. The molecule has 8 amide bonds. The molecular weight excluding hydrogens is 1080 g/mol. The summed E-state index contributed by atoms with van der Waals surface area (Å²) in [6.45, 7) is 13.3. The van der Waals surface area contributed by atoms with Crippen molar-refractivity contribution in [3.05, 3.63) is 36.0 Å². The molecule has 472 valence electrons. The highest BCUT2D eigenvalue weighted by Crippen LogP contribution is 2.20. The molecule has 24 N–H and O–H groups in total. The minimum absolute atomic E-state index is 0.0247. The summed E-state index contributed by atoms with van der Waals surface area (Å²) in [5.74, 6) is -8.33. The highest BCUT2D eigenvalue weighted by Gasteiger charge is 2.36. The van der Waals surface area contributed by atoms with Crippen LogP contribution in [0.25, 0.3) is 10.9 Å². The first-order valence-electron chi connectivity index (χ1n) is 29.2. The molecule has 0 spiro atoms. The molecule has 0 aliphatic rings. The van der Waals surface area contributed by atoms with Crippen LogP contribution in [0, 0.1) is 28.6 Å². The first kappa shape index (κ1) is 72.5. The summed E-state index contributed by atoms with van der Waals surface area (Å²) in [6, 6.07) is -3.50. The number of carboxylic acids is 1. The number of carboxylic acid groups (broad SMARTS) is 1. The number of aromatic amines is 1. The number of nitrogens with one attached hydrogen (secondary N) is 13. The third-order valence-corrected chi connectivity index (χ3v) is 14.1. The van der Waals surface area contributed by atoms with Crippen LogP contribution in [0.4, 0.5) is 0 Å². The van der Waals surface area contributed by atoms with E-state index in [9.17, 15) is 48.3 Å². The van der Waals surface area contributed by atoms with E-state index in [0.717, 1.165) is 16.5 Å². The number of carbonyl (C=O) groups is 9. The molecule has 84 heavy (non-hydrogen) atoms. The molecule has 0 unspecified atom stereocenters. The Balaban J connectivity index is 2.40. The minimum Gasteiger partial charge on any atom is -0.480 e. The summed E-state index contributed by atoms with van der Waals surface area (Å²) in [5, 5.41) is 52.5. The molecule has 1 aromatic heterocycles. The van der Waals surface area contributed by atoms with Crippen LogP contribution < -0.4 is 81.8 Å². The number of benzene rings is 1. The van der Waals surface area contributed by atoms with E-state index in [1.165, 1.54) is 6.92 Å². The number of para-hydroxylation sites is 1. The number of rotatable bonds is 41. The average Bonchev–Trinajstić information content (AvgIpc) is 3.94. The number of aliphatic carboxylic acids is 1. The lowest BCUT2D eigenvalue weighted by Crippen LogP contribution is -2.61. The van der Waals surface area contributed by atoms with Crippen LogP contribution in [-0.2, 0) is 49.6 Å². The lowest BCUT2D eigenvalue weighted by Gasteiger charge is -2.29. The third-order valence-electron chi connectivity index (χ3n) is 14.1. The number of hydrogen-bond acceptors (Lipinski definition) is 14. The van der Waals surface area contributed by atoms with Crippen molar-refractivity contribution < 1.29 is 48.3 Å². The van der Waals surface area contributed by atoms with Crippen LogP contribution in [0.15, 0.2) is 30.5 Å². The van der Waals surface area contributed by atoms with Crippen molar-refractivity contribution in [2.24, 2.45) is 46.4 Å². The van der Waals surface area contributed by atoms with Gasteiger partial charge in [0.15, 0.2) is 11.9 Å². The first-order chi connectivity index (χ1) is 39.7. The van der Waals surface area contributed by atoms with Crippen LogP contribution >= 0.6 is 0 Å². The van der Waals surface area contributed by atoms with E-state index in [-0.39, 0.29) is 101 Å². The second-order valence-corrected chi connectivity index (χ2v) is 22.3. The van der Waals surface area contributed by atoms with E-state index in [1.807, 2.05) is 58.9 Å². The Morgan fingerprint density at radius 1 is 0.536 bits per heavy atom. The van der Waals surface area contributed by atoms with E-state index >= 15 is 0 Å². The van der Waals surface area contributed by atoms with Crippen molar-refractivity contribution in [2.75, 3.05) is 26.2 Å². The van der Waals surface area contributed by atoms with E-state index in [1.54, 1.807) is 13.1 Å². The Morgan fingerprint density at radius 3 is 1.45 bits per heavy atom. The van der Waals surface area contributed by atoms with Gasteiger partial charge >= 0.3 is 5.97 Å². The molecule has 28 heteroatoms. The fourth-order valence-corrected chi connectivity index (χ4v) is 9.14. The van der Waals surface area contributed by atoms with Crippen molar-refractivity contribution in [1.29, 1.82) is 10.8 Å². The number of amides is 8. The van der Waals surface area contributed by atoms with Gasteiger partial charge in [0.2, 0.25) is 47.3 Å². The van der Waals surface area contributed by atoms with Crippen LogP contribution in [-0.4, -0.2) is 156 Å². The predicted octanol–water partition coefficient (Wildman–Crippen LogP) is -1.06. The van der Waals surface area contributed by atoms with Gasteiger partial charge in [-0.2, -0.15) is 0 Å². The minimum atomic E-state index is -1.35. The number of unbranched alkanes of at least 4 members (excludes halogenated alkanes) is 2. The molecule has 0 aliphatic heterocycles. The normalized spacial score (nSPS) is 14.9. The molecule has 1 heterocycles. The molecule has 2 rings (SSSR count). The second-order valence-electron chi connectivity index (χ2n) is 22.3. The number of aromatic nitrogens is 1. The smallest absolute Gasteiger partial charge is 0.326 e. The largest absolute Gasteiger partial charge is 0.480 e. The van der Waals surface area contributed by atoms with Gasteiger partial charge < -0.3 is 91.9 Å². The van der Waals surface area contributed by atoms with Gasteiger partial charge in [0, 0.05) is 36.6 Å². The van der Waals surface area contributed by atoms with Gasteiger partial charge in [-0.15, -0.1) is 0 Å². The molecule has 10 atom stereocenters. The summed E-state index contributed by atoms with van der Waals surface area (Å²) in [5.41, 5.74) is 30.1. The number of guanidine groups is 2. The Labute approximate surface area is 493 Å². The van der Waals surface area contributed by atoms with Crippen molar-refractivity contribution >= 4 is 76.0 Å². The Hall–Kier alpha value is -7.59. The van der Waals surface area contributed by atoms with E-state index in [4.69, 9.17) is 39.5 Å². The van der Waals surface area contributed by atoms with Gasteiger partial charge in [-0.1, -0.05) is 66.2 Å². The first-order valence-corrected chi connectivity index (χ1v) is 29.2. The fourth-order valence-electron chi connectivity index (χ4n) is 9.14. The highest BCUT2D eigenvalue weighted by atomic mass is 16.4. The summed E-state index contributed by atoms with van der Waals surface area (Å²) in [7, 11) is 0. The number of hydrogen-bond donors (Lipinski definition) is 19. The lowest BCUT2D eigenvalue weighted by atomic mass is 9.96. The van der Waals surface area contributed by atoms with Gasteiger partial charge in [-0.25, -0.2) is 4.79 Å². The van der Waals surface area contributed by atoms with Crippen molar-refractivity contribution in [1.82, 2.24) is 58.2 Å². The van der Waals surface area contributed by atoms with Gasteiger partial charge in [0.1, 0.15) is 48.3 Å². The molecule has 0 saturated heterocycles. The summed E-state index contributed by atoms with van der Waals surface area (Å²) < 4.78 is 0. The number of nitrogens with two attached hydrogens (primary N) is 5. The quantitative estimate of drug-likeness (QED) is 0.0214. The number of H-pyrrole nitrogens is 1. The summed E-state index contributed by atoms with van der Waals surface area (Å²) in [6.07, 6.45) is 4.81. The Bertz CT molecular complexity index is 2470. The molecule has 0 fully saturated rings. The SMILES string of the molecule is CC[C@H](C)[C@H](NC(=O)[C@H](Cc1c[nH]c2ccccc12)NC(=O)[C@@H](N)CC(C)C)C(=O)N[C@@H](C)C(=O)N[C@@H](CC(C)C)C(=O)N[C@@H](CCCNC(=N)N)C(=O)N[C@@H](CCCCN)C(=O)N[C@@H](CCCCN)C(=O)N[C@@H](CCCNC(=N)N)C(=O)O. The summed E-state index contributed by atoms with van der Waals surface area (Å²) in [4.78, 5) is 128. The molecule has 1 aromatic carbocycles. The van der Waals surface area contributed by atoms with Gasteiger partial charge in [-0.05, 0) is 126 Å². The lowest BCUT2D eigenvalue weighted by molar-refractivity contribution is -0.142.